The number of nitrogens with one attached hydrogen (secondary N) is 2. The third-order valence-electron chi connectivity index (χ3n) is 3.27. The maximum absolute atomic E-state index is 11.9. The quantitative estimate of drug-likeness (QED) is 0.760. The zero-order valence-electron chi connectivity index (χ0n) is 10.7. The van der Waals surface area contributed by atoms with Gasteiger partial charge in [0.05, 0.1) is 11.6 Å². The number of hydrogen-bond donors (Lipinski definition) is 3. The van der Waals surface area contributed by atoms with Crippen LogP contribution in [-0.2, 0) is 11.3 Å². The summed E-state index contributed by atoms with van der Waals surface area (Å²) in [6.07, 6.45) is 3.05. The van der Waals surface area contributed by atoms with Gasteiger partial charge in [0, 0.05) is 6.54 Å². The van der Waals surface area contributed by atoms with Crippen molar-refractivity contribution in [2.45, 2.75) is 31.8 Å². The lowest BCUT2D eigenvalue weighted by molar-refractivity contribution is -0.123. The lowest BCUT2D eigenvalue weighted by atomic mass is 10.0. The molecule has 1 aliphatic rings. The topological polar surface area (TPSA) is 78.4 Å². The van der Waals surface area contributed by atoms with Crippen LogP contribution < -0.4 is 10.6 Å². The van der Waals surface area contributed by atoms with Crippen LogP contribution in [0.4, 0.5) is 0 Å². The Labute approximate surface area is 112 Å². The highest BCUT2D eigenvalue weighted by molar-refractivity contribution is 5.87. The lowest BCUT2D eigenvalue weighted by Gasteiger charge is -2.22. The Balaban J connectivity index is 1.89. The number of carboxylic acid groups (broad SMARTS) is 1. The van der Waals surface area contributed by atoms with Crippen molar-refractivity contribution in [2.75, 3.05) is 6.54 Å². The van der Waals surface area contributed by atoms with Gasteiger partial charge in [-0.25, -0.2) is 4.79 Å². The maximum Gasteiger partial charge on any atom is 0.335 e. The van der Waals surface area contributed by atoms with Crippen LogP contribution in [-0.4, -0.2) is 29.6 Å². The number of benzene rings is 1. The van der Waals surface area contributed by atoms with Crippen molar-refractivity contribution in [1.82, 2.24) is 10.6 Å². The average Bonchev–Trinajstić information content (AvgIpc) is 2.46. The molecule has 1 saturated heterocycles. The van der Waals surface area contributed by atoms with Crippen LogP contribution in [0.25, 0.3) is 0 Å². The van der Waals surface area contributed by atoms with Crippen molar-refractivity contribution in [1.29, 1.82) is 0 Å². The molecule has 5 heteroatoms. The Kier molecular flexibility index (Phi) is 4.52. The minimum atomic E-state index is -0.956. The highest BCUT2D eigenvalue weighted by Gasteiger charge is 2.19. The first kappa shape index (κ1) is 13.5. The smallest absolute Gasteiger partial charge is 0.335 e. The molecule has 2 rings (SSSR count). The summed E-state index contributed by atoms with van der Waals surface area (Å²) in [5.41, 5.74) is 1.03. The highest BCUT2D eigenvalue weighted by atomic mass is 16.4. The second-order valence-corrected chi connectivity index (χ2v) is 4.73. The molecule has 1 amide bonds. The summed E-state index contributed by atoms with van der Waals surface area (Å²) < 4.78 is 0. The first-order valence-electron chi connectivity index (χ1n) is 6.50. The first-order valence-corrected chi connectivity index (χ1v) is 6.50. The number of piperidine rings is 1. The Hall–Kier alpha value is -1.88. The van der Waals surface area contributed by atoms with Gasteiger partial charge in [0.15, 0.2) is 0 Å². The predicted octanol–water partition coefficient (Wildman–Crippen LogP) is 1.14. The van der Waals surface area contributed by atoms with Gasteiger partial charge in [-0.2, -0.15) is 0 Å². The largest absolute Gasteiger partial charge is 0.478 e. The van der Waals surface area contributed by atoms with Gasteiger partial charge in [-0.15, -0.1) is 0 Å². The molecule has 0 saturated carbocycles. The molecule has 0 spiro atoms. The molecule has 1 aromatic carbocycles. The van der Waals surface area contributed by atoms with E-state index in [-0.39, 0.29) is 17.5 Å². The van der Waals surface area contributed by atoms with E-state index < -0.39 is 5.97 Å². The molecule has 1 aromatic rings. The summed E-state index contributed by atoms with van der Waals surface area (Å²) in [5, 5.41) is 14.9. The molecule has 5 nitrogen and oxygen atoms in total. The van der Waals surface area contributed by atoms with Crippen LogP contribution in [0.2, 0.25) is 0 Å². The Morgan fingerprint density at radius 2 is 2.21 bits per heavy atom. The van der Waals surface area contributed by atoms with E-state index >= 15 is 0 Å². The number of aromatic carboxylic acids is 1. The van der Waals surface area contributed by atoms with Gasteiger partial charge in [-0.05, 0) is 37.1 Å². The van der Waals surface area contributed by atoms with Crippen molar-refractivity contribution in [3.63, 3.8) is 0 Å². The highest BCUT2D eigenvalue weighted by Crippen LogP contribution is 2.08. The SMILES string of the molecule is O=C(O)c1cccc(CNC(=O)[C@H]2CCCCN2)c1. The van der Waals surface area contributed by atoms with E-state index in [1.807, 2.05) is 0 Å². The van der Waals surface area contributed by atoms with E-state index in [1.165, 1.54) is 6.07 Å². The molecule has 19 heavy (non-hydrogen) atoms. The van der Waals surface area contributed by atoms with Gasteiger partial charge in [0.25, 0.3) is 0 Å². The van der Waals surface area contributed by atoms with Crippen LogP contribution in [0.1, 0.15) is 35.2 Å². The number of rotatable bonds is 4. The van der Waals surface area contributed by atoms with Gasteiger partial charge < -0.3 is 15.7 Å². The summed E-state index contributed by atoms with van der Waals surface area (Å²) in [6.45, 7) is 1.24. The van der Waals surface area contributed by atoms with E-state index in [4.69, 9.17) is 5.11 Å². The van der Waals surface area contributed by atoms with Crippen LogP contribution in [0, 0.1) is 0 Å². The molecule has 1 heterocycles. The number of carboxylic acids is 1. The number of carbonyl (C=O) groups is 2. The lowest BCUT2D eigenvalue weighted by Crippen LogP contribution is -2.46. The van der Waals surface area contributed by atoms with Crippen LogP contribution in [0.3, 0.4) is 0 Å². The summed E-state index contributed by atoms with van der Waals surface area (Å²) in [4.78, 5) is 22.7. The van der Waals surface area contributed by atoms with Gasteiger partial charge in [0.1, 0.15) is 0 Å². The molecule has 3 N–H and O–H groups in total. The van der Waals surface area contributed by atoms with Crippen LogP contribution >= 0.6 is 0 Å². The molecule has 0 aliphatic carbocycles. The Morgan fingerprint density at radius 1 is 1.37 bits per heavy atom. The standard InChI is InChI=1S/C14H18N2O3/c17-13(12-6-1-2-7-15-12)16-9-10-4-3-5-11(8-10)14(18)19/h3-5,8,12,15H,1-2,6-7,9H2,(H,16,17)(H,18,19)/t12-/m1/s1. The average molecular weight is 262 g/mol. The fourth-order valence-electron chi connectivity index (χ4n) is 2.20. The molecule has 1 fully saturated rings. The van der Waals surface area contributed by atoms with Gasteiger partial charge >= 0.3 is 5.97 Å². The van der Waals surface area contributed by atoms with Gasteiger partial charge in [-0.3, -0.25) is 4.79 Å². The zero-order valence-corrected chi connectivity index (χ0v) is 10.7. The minimum absolute atomic E-state index is 0.0135. The third kappa shape index (κ3) is 3.79. The molecular weight excluding hydrogens is 244 g/mol. The molecule has 0 bridgehead atoms. The summed E-state index contributed by atoms with van der Waals surface area (Å²) in [7, 11) is 0. The normalized spacial score (nSPS) is 18.8. The van der Waals surface area contributed by atoms with Crippen molar-refractivity contribution in [2.24, 2.45) is 0 Å². The fraction of sp³-hybridized carbons (Fsp3) is 0.429. The van der Waals surface area contributed by atoms with Crippen molar-refractivity contribution < 1.29 is 14.7 Å². The molecule has 0 radical (unpaired) electrons. The molecular formula is C14H18N2O3. The van der Waals surface area contributed by atoms with E-state index in [2.05, 4.69) is 10.6 Å². The number of hydrogen-bond acceptors (Lipinski definition) is 3. The summed E-state index contributed by atoms with van der Waals surface area (Å²) in [6, 6.07) is 6.49. The monoisotopic (exact) mass is 262 g/mol. The third-order valence-corrected chi connectivity index (χ3v) is 3.27. The van der Waals surface area contributed by atoms with E-state index in [1.54, 1.807) is 18.2 Å². The summed E-state index contributed by atoms with van der Waals surface area (Å²) >= 11 is 0. The van der Waals surface area contributed by atoms with E-state index in [0.717, 1.165) is 31.4 Å². The Bertz CT molecular complexity index is 468. The number of amides is 1. The molecule has 1 atom stereocenters. The van der Waals surface area contributed by atoms with Gasteiger partial charge in [-0.1, -0.05) is 18.6 Å². The fourth-order valence-corrected chi connectivity index (χ4v) is 2.20. The van der Waals surface area contributed by atoms with Gasteiger partial charge in [0.2, 0.25) is 5.91 Å². The molecule has 102 valence electrons. The number of carbonyl (C=O) groups excluding carboxylic acids is 1. The second-order valence-electron chi connectivity index (χ2n) is 4.73. The molecule has 1 aliphatic heterocycles. The van der Waals surface area contributed by atoms with Crippen LogP contribution in [0.15, 0.2) is 24.3 Å². The minimum Gasteiger partial charge on any atom is -0.478 e. The van der Waals surface area contributed by atoms with Crippen molar-refractivity contribution in [3.8, 4) is 0 Å². The van der Waals surface area contributed by atoms with Crippen molar-refractivity contribution in [3.05, 3.63) is 35.4 Å². The molecule has 0 aromatic heterocycles. The van der Waals surface area contributed by atoms with E-state index in [0.29, 0.717) is 6.54 Å². The Morgan fingerprint density at radius 3 is 2.89 bits per heavy atom. The van der Waals surface area contributed by atoms with Crippen LogP contribution in [0.5, 0.6) is 0 Å². The second kappa shape index (κ2) is 6.33. The zero-order chi connectivity index (χ0) is 13.7. The predicted molar refractivity (Wildman–Crippen MR) is 70.9 cm³/mol. The molecule has 0 unspecified atom stereocenters. The van der Waals surface area contributed by atoms with E-state index in [9.17, 15) is 9.59 Å². The first-order chi connectivity index (χ1) is 9.16. The maximum atomic E-state index is 11.9. The summed E-state index contributed by atoms with van der Waals surface area (Å²) in [5.74, 6) is -0.970. The van der Waals surface area contributed by atoms with Crippen molar-refractivity contribution >= 4 is 11.9 Å².